The van der Waals surface area contributed by atoms with Crippen molar-refractivity contribution in [3.05, 3.63) is 15.6 Å². The molecule has 1 aliphatic rings. The molecule has 0 aromatic carbocycles. The van der Waals surface area contributed by atoms with Crippen molar-refractivity contribution >= 4 is 11.3 Å². The number of nitrogens with one attached hydrogen (secondary N) is 1. The Morgan fingerprint density at radius 2 is 2.00 bits per heavy atom. The SMILES string of the molecule is CCC(c1nc(C(C)C)c(C)s1)N1CCNCC1. The summed E-state index contributed by atoms with van der Waals surface area (Å²) in [6, 6.07) is 0.517. The number of hydrogen-bond acceptors (Lipinski definition) is 4. The van der Waals surface area contributed by atoms with Crippen LogP contribution in [0.5, 0.6) is 0 Å². The molecule has 2 heterocycles. The molecule has 1 saturated heterocycles. The van der Waals surface area contributed by atoms with Gasteiger partial charge >= 0.3 is 0 Å². The topological polar surface area (TPSA) is 28.2 Å². The Labute approximate surface area is 115 Å². The third-order valence-electron chi connectivity index (χ3n) is 3.66. The third-order valence-corrected chi connectivity index (χ3v) is 4.75. The molecule has 102 valence electrons. The van der Waals surface area contributed by atoms with E-state index in [1.807, 2.05) is 11.3 Å². The zero-order valence-electron chi connectivity index (χ0n) is 12.0. The van der Waals surface area contributed by atoms with E-state index in [0.717, 1.165) is 32.6 Å². The molecule has 0 spiro atoms. The molecule has 2 rings (SSSR count). The molecule has 1 aromatic heterocycles. The second-order valence-electron chi connectivity index (χ2n) is 5.36. The largest absolute Gasteiger partial charge is 0.314 e. The predicted molar refractivity (Wildman–Crippen MR) is 78.4 cm³/mol. The lowest BCUT2D eigenvalue weighted by Crippen LogP contribution is -2.45. The van der Waals surface area contributed by atoms with Crippen LogP contribution >= 0.6 is 11.3 Å². The Kier molecular flexibility index (Phi) is 4.76. The van der Waals surface area contributed by atoms with Crippen LogP contribution in [0.2, 0.25) is 0 Å². The van der Waals surface area contributed by atoms with Crippen molar-refractivity contribution in [3.63, 3.8) is 0 Å². The van der Waals surface area contributed by atoms with Crippen molar-refractivity contribution in [2.45, 2.75) is 46.1 Å². The lowest BCUT2D eigenvalue weighted by Gasteiger charge is -2.33. The summed E-state index contributed by atoms with van der Waals surface area (Å²) >= 11 is 1.90. The van der Waals surface area contributed by atoms with E-state index >= 15 is 0 Å². The molecule has 0 saturated carbocycles. The van der Waals surface area contributed by atoms with Crippen molar-refractivity contribution < 1.29 is 0 Å². The standard InChI is InChI=1S/C14H25N3S/c1-5-12(17-8-6-15-7-9-17)14-16-13(10(2)3)11(4)18-14/h10,12,15H,5-9H2,1-4H3. The molecule has 1 N–H and O–H groups in total. The highest BCUT2D eigenvalue weighted by Crippen LogP contribution is 2.32. The molecule has 0 bridgehead atoms. The highest BCUT2D eigenvalue weighted by Gasteiger charge is 2.24. The van der Waals surface area contributed by atoms with E-state index in [-0.39, 0.29) is 0 Å². The first-order valence-corrected chi connectivity index (χ1v) is 7.87. The number of thiazole rings is 1. The van der Waals surface area contributed by atoms with E-state index in [1.165, 1.54) is 15.6 Å². The van der Waals surface area contributed by atoms with E-state index in [4.69, 9.17) is 4.98 Å². The van der Waals surface area contributed by atoms with Crippen LogP contribution in [-0.2, 0) is 0 Å². The molecule has 0 radical (unpaired) electrons. The molecule has 1 aromatic rings. The Morgan fingerprint density at radius 1 is 1.33 bits per heavy atom. The maximum atomic E-state index is 4.91. The third kappa shape index (κ3) is 2.92. The van der Waals surface area contributed by atoms with Crippen LogP contribution in [0.4, 0.5) is 0 Å². The molecular weight excluding hydrogens is 242 g/mol. The summed E-state index contributed by atoms with van der Waals surface area (Å²) in [5.41, 5.74) is 1.29. The van der Waals surface area contributed by atoms with Gasteiger partial charge in [0.05, 0.1) is 11.7 Å². The first kappa shape index (κ1) is 14.0. The molecule has 1 aliphatic heterocycles. The summed E-state index contributed by atoms with van der Waals surface area (Å²) in [6.45, 7) is 13.5. The molecule has 1 atom stereocenters. The van der Waals surface area contributed by atoms with Crippen molar-refractivity contribution in [2.24, 2.45) is 0 Å². The van der Waals surface area contributed by atoms with Gasteiger partial charge in [-0.15, -0.1) is 11.3 Å². The second kappa shape index (κ2) is 6.13. The van der Waals surface area contributed by atoms with E-state index in [1.54, 1.807) is 0 Å². The number of piperazine rings is 1. The van der Waals surface area contributed by atoms with Crippen LogP contribution in [0.1, 0.15) is 54.7 Å². The van der Waals surface area contributed by atoms with Gasteiger partial charge in [-0.25, -0.2) is 4.98 Å². The molecule has 1 fully saturated rings. The summed E-state index contributed by atoms with van der Waals surface area (Å²) in [5, 5.41) is 4.74. The number of rotatable bonds is 4. The normalized spacial score (nSPS) is 19.4. The van der Waals surface area contributed by atoms with Crippen LogP contribution in [0.25, 0.3) is 0 Å². The highest BCUT2D eigenvalue weighted by molar-refractivity contribution is 7.11. The average molecular weight is 267 g/mol. The lowest BCUT2D eigenvalue weighted by atomic mass is 10.1. The van der Waals surface area contributed by atoms with Crippen LogP contribution in [0.3, 0.4) is 0 Å². The summed E-state index contributed by atoms with van der Waals surface area (Å²) < 4.78 is 0. The first-order chi connectivity index (χ1) is 8.63. The number of aromatic nitrogens is 1. The molecule has 3 nitrogen and oxygen atoms in total. The number of nitrogens with zero attached hydrogens (tertiary/aromatic N) is 2. The van der Waals surface area contributed by atoms with Gasteiger partial charge in [-0.05, 0) is 19.3 Å². The quantitative estimate of drug-likeness (QED) is 0.909. The van der Waals surface area contributed by atoms with E-state index in [9.17, 15) is 0 Å². The molecule has 18 heavy (non-hydrogen) atoms. The van der Waals surface area contributed by atoms with Gasteiger partial charge < -0.3 is 5.32 Å². The van der Waals surface area contributed by atoms with Crippen LogP contribution < -0.4 is 5.32 Å². The van der Waals surface area contributed by atoms with Gasteiger partial charge in [0.2, 0.25) is 0 Å². The average Bonchev–Trinajstić information content (AvgIpc) is 2.74. The number of aryl methyl sites for hydroxylation is 1. The van der Waals surface area contributed by atoms with E-state index in [2.05, 4.69) is 37.9 Å². The Bertz CT molecular complexity index is 380. The van der Waals surface area contributed by atoms with Gasteiger partial charge in [0.15, 0.2) is 0 Å². The van der Waals surface area contributed by atoms with Crippen LogP contribution in [-0.4, -0.2) is 36.1 Å². The number of hydrogen-bond donors (Lipinski definition) is 1. The molecule has 0 aliphatic carbocycles. The fourth-order valence-corrected chi connectivity index (χ4v) is 3.99. The fraction of sp³-hybridized carbons (Fsp3) is 0.786. The van der Waals surface area contributed by atoms with Gasteiger partial charge in [0.1, 0.15) is 5.01 Å². The Morgan fingerprint density at radius 3 is 2.50 bits per heavy atom. The monoisotopic (exact) mass is 267 g/mol. The zero-order valence-corrected chi connectivity index (χ0v) is 12.8. The van der Waals surface area contributed by atoms with Crippen LogP contribution in [0, 0.1) is 6.92 Å². The highest BCUT2D eigenvalue weighted by atomic mass is 32.1. The zero-order chi connectivity index (χ0) is 13.1. The molecule has 1 unspecified atom stereocenters. The minimum absolute atomic E-state index is 0.517. The van der Waals surface area contributed by atoms with Crippen molar-refractivity contribution in [1.29, 1.82) is 0 Å². The summed E-state index contributed by atoms with van der Waals surface area (Å²) in [4.78, 5) is 8.89. The summed E-state index contributed by atoms with van der Waals surface area (Å²) in [5.74, 6) is 0.538. The molecule has 4 heteroatoms. The predicted octanol–water partition coefficient (Wildman–Crippen LogP) is 2.93. The maximum absolute atomic E-state index is 4.91. The maximum Gasteiger partial charge on any atom is 0.110 e. The summed E-state index contributed by atoms with van der Waals surface area (Å²) in [7, 11) is 0. The van der Waals surface area contributed by atoms with Crippen molar-refractivity contribution in [3.8, 4) is 0 Å². The van der Waals surface area contributed by atoms with Crippen molar-refractivity contribution in [1.82, 2.24) is 15.2 Å². The van der Waals surface area contributed by atoms with Gasteiger partial charge in [0, 0.05) is 31.1 Å². The lowest BCUT2D eigenvalue weighted by molar-refractivity contribution is 0.169. The fourth-order valence-electron chi connectivity index (χ4n) is 2.69. The second-order valence-corrected chi connectivity index (χ2v) is 6.59. The Hall–Kier alpha value is -0.450. The van der Waals surface area contributed by atoms with Gasteiger partial charge in [-0.1, -0.05) is 20.8 Å². The van der Waals surface area contributed by atoms with E-state index < -0.39 is 0 Å². The smallest absolute Gasteiger partial charge is 0.110 e. The molecule has 0 amide bonds. The minimum Gasteiger partial charge on any atom is -0.314 e. The van der Waals surface area contributed by atoms with Crippen molar-refractivity contribution in [2.75, 3.05) is 26.2 Å². The minimum atomic E-state index is 0.517. The van der Waals surface area contributed by atoms with Crippen LogP contribution in [0.15, 0.2) is 0 Å². The van der Waals surface area contributed by atoms with E-state index in [0.29, 0.717) is 12.0 Å². The first-order valence-electron chi connectivity index (χ1n) is 7.05. The Balaban J connectivity index is 2.18. The van der Waals surface area contributed by atoms with Gasteiger partial charge in [0.25, 0.3) is 0 Å². The molecular formula is C14H25N3S. The summed E-state index contributed by atoms with van der Waals surface area (Å²) in [6.07, 6.45) is 1.16. The van der Waals surface area contributed by atoms with Gasteiger partial charge in [-0.2, -0.15) is 0 Å². The van der Waals surface area contributed by atoms with Gasteiger partial charge in [-0.3, -0.25) is 4.90 Å².